The first-order valence-corrected chi connectivity index (χ1v) is 7.91. The molecule has 3 unspecified atom stereocenters. The first-order chi connectivity index (χ1) is 8.73. The molecule has 0 aliphatic heterocycles. The molecule has 0 spiro atoms. The minimum absolute atomic E-state index is 0.515. The van der Waals surface area contributed by atoms with Crippen LogP contribution in [0.1, 0.15) is 31.2 Å². The lowest BCUT2D eigenvalue weighted by atomic mass is 9.69. The van der Waals surface area contributed by atoms with E-state index < -0.39 is 0 Å². The molecule has 1 aromatic carbocycles. The van der Waals surface area contributed by atoms with Crippen molar-refractivity contribution < 1.29 is 0 Å². The van der Waals surface area contributed by atoms with E-state index in [0.717, 1.165) is 11.8 Å². The highest BCUT2D eigenvalue weighted by molar-refractivity contribution is 9.10. The predicted molar refractivity (Wildman–Crippen MR) is 79.7 cm³/mol. The highest BCUT2D eigenvalue weighted by atomic mass is 79.9. The molecule has 1 aromatic rings. The molecule has 98 valence electrons. The Morgan fingerprint density at radius 2 is 2.17 bits per heavy atom. The number of halogens is 1. The third kappa shape index (κ3) is 2.14. The van der Waals surface area contributed by atoms with E-state index >= 15 is 0 Å². The van der Waals surface area contributed by atoms with Crippen molar-refractivity contribution in [2.24, 2.45) is 17.3 Å². The summed E-state index contributed by atoms with van der Waals surface area (Å²) >= 11 is 3.71. The maximum Gasteiger partial charge on any atom is 0.0207 e. The maximum absolute atomic E-state index is 3.71. The minimum atomic E-state index is 0.515. The van der Waals surface area contributed by atoms with Crippen molar-refractivity contribution in [2.45, 2.75) is 32.1 Å². The highest BCUT2D eigenvalue weighted by Gasteiger charge is 2.50. The Bertz CT molecular complexity index is 431. The fourth-order valence-electron chi connectivity index (χ4n) is 4.43. The van der Waals surface area contributed by atoms with Gasteiger partial charge in [-0.3, -0.25) is 0 Å². The van der Waals surface area contributed by atoms with Crippen LogP contribution in [0.2, 0.25) is 0 Å². The summed E-state index contributed by atoms with van der Waals surface area (Å²) in [4.78, 5) is 0. The van der Waals surface area contributed by atoms with E-state index in [0.29, 0.717) is 5.41 Å². The van der Waals surface area contributed by atoms with Gasteiger partial charge in [0.15, 0.2) is 0 Å². The second kappa shape index (κ2) is 4.97. The zero-order chi connectivity index (χ0) is 12.6. The summed E-state index contributed by atoms with van der Waals surface area (Å²) in [7, 11) is 2.10. The van der Waals surface area contributed by atoms with Crippen LogP contribution >= 0.6 is 15.9 Å². The number of fused-ring (bicyclic) bond motifs is 2. The quantitative estimate of drug-likeness (QED) is 0.886. The summed E-state index contributed by atoms with van der Waals surface area (Å²) in [5.74, 6) is 1.95. The van der Waals surface area contributed by atoms with Crippen molar-refractivity contribution in [3.8, 4) is 0 Å². The first kappa shape index (κ1) is 12.7. The van der Waals surface area contributed by atoms with Crippen molar-refractivity contribution in [2.75, 3.05) is 13.6 Å². The monoisotopic (exact) mass is 307 g/mol. The average molecular weight is 308 g/mol. The molecule has 0 heterocycles. The van der Waals surface area contributed by atoms with Gasteiger partial charge in [0.25, 0.3) is 0 Å². The van der Waals surface area contributed by atoms with Gasteiger partial charge in [0, 0.05) is 11.0 Å². The molecule has 18 heavy (non-hydrogen) atoms. The molecule has 1 nitrogen and oxygen atoms in total. The smallest absolute Gasteiger partial charge is 0.0207 e. The Morgan fingerprint density at radius 1 is 1.33 bits per heavy atom. The van der Waals surface area contributed by atoms with E-state index in [1.165, 1.54) is 48.7 Å². The van der Waals surface area contributed by atoms with Crippen LogP contribution in [-0.2, 0) is 6.42 Å². The highest BCUT2D eigenvalue weighted by Crippen LogP contribution is 2.57. The van der Waals surface area contributed by atoms with Gasteiger partial charge in [0.2, 0.25) is 0 Å². The number of hydrogen-bond donors (Lipinski definition) is 1. The predicted octanol–water partition coefficient (Wildman–Crippen LogP) is 4.02. The molecule has 0 amide bonds. The topological polar surface area (TPSA) is 12.0 Å². The molecule has 2 bridgehead atoms. The fraction of sp³-hybridized carbons (Fsp3) is 0.625. The van der Waals surface area contributed by atoms with Crippen molar-refractivity contribution in [1.29, 1.82) is 0 Å². The summed E-state index contributed by atoms with van der Waals surface area (Å²) in [6, 6.07) is 8.74. The van der Waals surface area contributed by atoms with Gasteiger partial charge >= 0.3 is 0 Å². The second-order valence-electron chi connectivity index (χ2n) is 6.24. The van der Waals surface area contributed by atoms with Crippen LogP contribution in [0.3, 0.4) is 0 Å². The van der Waals surface area contributed by atoms with Crippen molar-refractivity contribution in [1.82, 2.24) is 5.32 Å². The summed E-state index contributed by atoms with van der Waals surface area (Å²) < 4.78 is 1.28. The van der Waals surface area contributed by atoms with Gasteiger partial charge < -0.3 is 5.32 Å². The number of nitrogens with one attached hydrogen (secondary N) is 1. The van der Waals surface area contributed by atoms with E-state index in [2.05, 4.69) is 52.6 Å². The number of rotatable bonds is 4. The summed E-state index contributed by atoms with van der Waals surface area (Å²) in [5, 5.41) is 3.46. The normalized spacial score (nSPS) is 34.1. The van der Waals surface area contributed by atoms with Gasteiger partial charge in [0.1, 0.15) is 0 Å². The Hall–Kier alpha value is -0.340. The molecule has 2 heteroatoms. The average Bonchev–Trinajstić information content (AvgIpc) is 2.93. The van der Waals surface area contributed by atoms with Crippen LogP contribution in [-0.4, -0.2) is 13.6 Å². The third-order valence-corrected chi connectivity index (χ3v) is 5.91. The Labute approximate surface area is 118 Å². The third-order valence-electron chi connectivity index (χ3n) is 5.13. The molecule has 2 fully saturated rings. The van der Waals surface area contributed by atoms with E-state index in [9.17, 15) is 0 Å². The van der Waals surface area contributed by atoms with Gasteiger partial charge in [-0.15, -0.1) is 0 Å². The van der Waals surface area contributed by atoms with Gasteiger partial charge in [-0.1, -0.05) is 40.5 Å². The molecule has 3 rings (SSSR count). The molecule has 0 saturated heterocycles. The van der Waals surface area contributed by atoms with Crippen LogP contribution in [0.4, 0.5) is 0 Å². The molecule has 1 N–H and O–H groups in total. The standard InChI is InChI=1S/C16H22BrN/c1-18-11-16(9-12-6-7-14(16)8-12)10-13-4-2-3-5-15(13)17/h2-5,12,14,18H,6-11H2,1H3. The lowest BCUT2D eigenvalue weighted by Crippen LogP contribution is -2.39. The van der Waals surface area contributed by atoms with Crippen molar-refractivity contribution in [3.63, 3.8) is 0 Å². The zero-order valence-electron chi connectivity index (χ0n) is 11.1. The van der Waals surface area contributed by atoms with Crippen LogP contribution in [0.15, 0.2) is 28.7 Å². The fourth-order valence-corrected chi connectivity index (χ4v) is 4.85. The van der Waals surface area contributed by atoms with Crippen LogP contribution in [0, 0.1) is 17.3 Å². The molecule has 2 saturated carbocycles. The lowest BCUT2D eigenvalue weighted by molar-refractivity contribution is 0.160. The zero-order valence-corrected chi connectivity index (χ0v) is 12.7. The second-order valence-corrected chi connectivity index (χ2v) is 7.10. The molecular weight excluding hydrogens is 286 g/mol. The largest absolute Gasteiger partial charge is 0.319 e. The van der Waals surface area contributed by atoms with Gasteiger partial charge in [-0.2, -0.15) is 0 Å². The lowest BCUT2D eigenvalue weighted by Gasteiger charge is -2.38. The Balaban J connectivity index is 1.85. The summed E-state index contributed by atoms with van der Waals surface area (Å²) in [6.45, 7) is 1.18. The number of hydrogen-bond acceptors (Lipinski definition) is 1. The minimum Gasteiger partial charge on any atom is -0.319 e. The maximum atomic E-state index is 3.71. The number of benzene rings is 1. The van der Waals surface area contributed by atoms with Crippen LogP contribution in [0.25, 0.3) is 0 Å². The van der Waals surface area contributed by atoms with Crippen molar-refractivity contribution >= 4 is 15.9 Å². The molecular formula is C16H22BrN. The van der Waals surface area contributed by atoms with E-state index in [4.69, 9.17) is 0 Å². The van der Waals surface area contributed by atoms with E-state index in [-0.39, 0.29) is 0 Å². The molecule has 2 aliphatic rings. The first-order valence-electron chi connectivity index (χ1n) is 7.11. The Kier molecular flexibility index (Phi) is 3.50. The van der Waals surface area contributed by atoms with Crippen LogP contribution < -0.4 is 5.32 Å². The summed E-state index contributed by atoms with van der Waals surface area (Å²) in [5.41, 5.74) is 2.00. The molecule has 0 radical (unpaired) electrons. The summed E-state index contributed by atoms with van der Waals surface area (Å²) in [6.07, 6.45) is 7.07. The molecule has 2 aliphatic carbocycles. The van der Waals surface area contributed by atoms with Crippen LogP contribution in [0.5, 0.6) is 0 Å². The van der Waals surface area contributed by atoms with Crippen molar-refractivity contribution in [3.05, 3.63) is 34.3 Å². The van der Waals surface area contributed by atoms with Gasteiger partial charge in [0.05, 0.1) is 0 Å². The van der Waals surface area contributed by atoms with Gasteiger partial charge in [-0.05, 0) is 61.6 Å². The Morgan fingerprint density at radius 3 is 2.78 bits per heavy atom. The molecule has 0 aromatic heterocycles. The SMILES string of the molecule is CNCC1(Cc2ccccc2Br)CC2CCC1C2. The van der Waals surface area contributed by atoms with E-state index in [1.807, 2.05) is 0 Å². The van der Waals surface area contributed by atoms with Gasteiger partial charge in [-0.25, -0.2) is 0 Å². The van der Waals surface area contributed by atoms with E-state index in [1.54, 1.807) is 0 Å². The molecule has 3 atom stereocenters.